The molecule has 2 aromatic rings. The zero-order chi connectivity index (χ0) is 14.7. The van der Waals surface area contributed by atoms with E-state index in [0.29, 0.717) is 0 Å². The molecule has 0 saturated carbocycles. The van der Waals surface area contributed by atoms with E-state index in [2.05, 4.69) is 9.72 Å². The molecule has 1 aromatic heterocycles. The van der Waals surface area contributed by atoms with Gasteiger partial charge >= 0.3 is 5.97 Å². The van der Waals surface area contributed by atoms with Crippen LogP contribution in [0.25, 0.3) is 11.5 Å². The van der Waals surface area contributed by atoms with Crippen LogP contribution < -0.4 is 0 Å². The molecule has 0 aliphatic rings. The Morgan fingerprint density at radius 2 is 1.90 bits per heavy atom. The largest absolute Gasteiger partial charge is 0.463 e. The Kier molecular flexibility index (Phi) is 4.09. The number of hydrogen-bond donors (Lipinski definition) is 0. The number of methoxy groups -OCH3 is 2. The molecule has 7 heteroatoms. The molecule has 0 aliphatic carbocycles. The molecule has 106 valence electrons. The molecule has 20 heavy (non-hydrogen) atoms. The smallest absolute Gasteiger partial charge is 0.376 e. The number of rotatable bonds is 4. The van der Waals surface area contributed by atoms with Gasteiger partial charge in [0.25, 0.3) is 0 Å². The van der Waals surface area contributed by atoms with Crippen molar-refractivity contribution in [2.45, 2.75) is 6.61 Å². The molecule has 0 atom stereocenters. The zero-order valence-corrected chi connectivity index (χ0v) is 10.8. The highest BCUT2D eigenvalue weighted by Gasteiger charge is 2.22. The van der Waals surface area contributed by atoms with E-state index < -0.39 is 17.6 Å². The fourth-order valence-corrected chi connectivity index (χ4v) is 1.64. The Morgan fingerprint density at radius 1 is 1.25 bits per heavy atom. The summed E-state index contributed by atoms with van der Waals surface area (Å²) < 4.78 is 41.0. The molecule has 0 N–H and O–H groups in total. The first kappa shape index (κ1) is 14.1. The fourth-order valence-electron chi connectivity index (χ4n) is 1.64. The molecule has 0 unspecified atom stereocenters. The molecule has 0 amide bonds. The van der Waals surface area contributed by atoms with Crippen molar-refractivity contribution in [1.29, 1.82) is 0 Å². The maximum atomic E-state index is 13.2. The van der Waals surface area contributed by atoms with Crippen LogP contribution in [0.3, 0.4) is 0 Å². The maximum absolute atomic E-state index is 13.2. The van der Waals surface area contributed by atoms with Crippen LogP contribution in [-0.2, 0) is 16.1 Å². The number of ether oxygens (including phenoxy) is 2. The van der Waals surface area contributed by atoms with Gasteiger partial charge in [0.05, 0.1) is 13.7 Å². The fraction of sp³-hybridized carbons (Fsp3) is 0.231. The molecule has 1 heterocycles. The van der Waals surface area contributed by atoms with E-state index >= 15 is 0 Å². The van der Waals surface area contributed by atoms with Crippen LogP contribution in [-0.4, -0.2) is 25.2 Å². The first-order chi connectivity index (χ1) is 9.55. The number of benzene rings is 1. The first-order valence-electron chi connectivity index (χ1n) is 5.58. The Morgan fingerprint density at radius 3 is 2.45 bits per heavy atom. The third-order valence-electron chi connectivity index (χ3n) is 2.46. The molecule has 0 radical (unpaired) electrons. The van der Waals surface area contributed by atoms with Crippen molar-refractivity contribution in [1.82, 2.24) is 4.98 Å². The zero-order valence-electron chi connectivity index (χ0n) is 10.8. The minimum Gasteiger partial charge on any atom is -0.463 e. The van der Waals surface area contributed by atoms with Gasteiger partial charge in [-0.05, 0) is 12.1 Å². The minimum atomic E-state index is -0.772. The van der Waals surface area contributed by atoms with Crippen LogP contribution in [0.15, 0.2) is 22.6 Å². The summed E-state index contributed by atoms with van der Waals surface area (Å²) in [7, 11) is 2.60. The minimum absolute atomic E-state index is 0.00569. The van der Waals surface area contributed by atoms with E-state index in [9.17, 15) is 13.6 Å². The van der Waals surface area contributed by atoms with E-state index in [0.717, 1.165) is 18.2 Å². The van der Waals surface area contributed by atoms with E-state index in [1.807, 2.05) is 0 Å². The van der Waals surface area contributed by atoms with Crippen molar-refractivity contribution in [3.63, 3.8) is 0 Å². The lowest BCUT2D eigenvalue weighted by molar-refractivity contribution is 0.0559. The summed E-state index contributed by atoms with van der Waals surface area (Å²) in [6.45, 7) is 0.00569. The highest BCUT2D eigenvalue weighted by Crippen LogP contribution is 2.24. The van der Waals surface area contributed by atoms with Crippen LogP contribution in [0, 0.1) is 11.6 Å². The van der Waals surface area contributed by atoms with Gasteiger partial charge in [-0.3, -0.25) is 0 Å². The summed E-state index contributed by atoms with van der Waals surface area (Å²) >= 11 is 0. The van der Waals surface area contributed by atoms with Crippen LogP contribution in [0.5, 0.6) is 0 Å². The molecule has 1 aromatic carbocycles. The number of carbonyl (C=O) groups excluding carboxylic acids is 1. The first-order valence-corrected chi connectivity index (χ1v) is 5.58. The van der Waals surface area contributed by atoms with Crippen LogP contribution in [0.1, 0.15) is 16.2 Å². The molecule has 5 nitrogen and oxygen atoms in total. The van der Waals surface area contributed by atoms with E-state index in [1.54, 1.807) is 0 Å². The highest BCUT2D eigenvalue weighted by molar-refractivity contribution is 5.87. The average Bonchev–Trinajstić information content (AvgIpc) is 2.81. The molecule has 0 aliphatic heterocycles. The van der Waals surface area contributed by atoms with E-state index in [1.165, 1.54) is 14.2 Å². The number of nitrogens with zero attached hydrogens (tertiary/aromatic N) is 1. The predicted octanol–water partition coefficient (Wildman–Crippen LogP) is 2.55. The Hall–Kier alpha value is -2.28. The Balaban J connectivity index is 2.49. The van der Waals surface area contributed by atoms with Gasteiger partial charge in [-0.25, -0.2) is 18.6 Å². The molecule has 0 saturated heterocycles. The molecule has 0 fully saturated rings. The number of esters is 1. The van der Waals surface area contributed by atoms with Crippen molar-refractivity contribution in [3.05, 3.63) is 41.3 Å². The second kappa shape index (κ2) is 5.79. The topological polar surface area (TPSA) is 61.6 Å². The lowest BCUT2D eigenvalue weighted by Crippen LogP contribution is -2.04. The normalized spacial score (nSPS) is 10.6. The summed E-state index contributed by atoms with van der Waals surface area (Å²) in [5.74, 6) is -2.53. The van der Waals surface area contributed by atoms with Crippen LogP contribution >= 0.6 is 0 Å². The van der Waals surface area contributed by atoms with Gasteiger partial charge in [0.2, 0.25) is 11.7 Å². The summed E-state index contributed by atoms with van der Waals surface area (Å²) in [5.41, 5.74) is 0.272. The van der Waals surface area contributed by atoms with Crippen molar-refractivity contribution < 1.29 is 27.5 Å². The van der Waals surface area contributed by atoms with Crippen LogP contribution in [0.2, 0.25) is 0 Å². The number of carbonyl (C=O) groups is 1. The van der Waals surface area contributed by atoms with E-state index in [4.69, 9.17) is 9.15 Å². The maximum Gasteiger partial charge on any atom is 0.376 e. The summed E-state index contributed by atoms with van der Waals surface area (Å²) in [5, 5.41) is 0. The van der Waals surface area contributed by atoms with Gasteiger partial charge in [-0.1, -0.05) is 0 Å². The quantitative estimate of drug-likeness (QED) is 0.807. The summed E-state index contributed by atoms with van der Waals surface area (Å²) in [6, 6.07) is 2.82. The van der Waals surface area contributed by atoms with Gasteiger partial charge in [0, 0.05) is 18.7 Å². The average molecular weight is 283 g/mol. The van der Waals surface area contributed by atoms with E-state index in [-0.39, 0.29) is 29.5 Å². The monoisotopic (exact) mass is 283 g/mol. The van der Waals surface area contributed by atoms with Crippen LogP contribution in [0.4, 0.5) is 8.78 Å². The van der Waals surface area contributed by atoms with Gasteiger partial charge < -0.3 is 13.9 Å². The number of aromatic nitrogens is 1. The van der Waals surface area contributed by atoms with Gasteiger partial charge in [-0.15, -0.1) is 0 Å². The molecular weight excluding hydrogens is 272 g/mol. The predicted molar refractivity (Wildman–Crippen MR) is 63.9 cm³/mol. The Bertz CT molecular complexity index is 619. The Labute approximate surface area is 113 Å². The lowest BCUT2D eigenvalue weighted by Gasteiger charge is -1.97. The third-order valence-corrected chi connectivity index (χ3v) is 2.46. The van der Waals surface area contributed by atoms with Crippen molar-refractivity contribution in [2.75, 3.05) is 14.2 Å². The number of halogens is 2. The second-order valence-electron chi connectivity index (χ2n) is 3.88. The molecule has 2 rings (SSSR count). The van der Waals surface area contributed by atoms with Crippen molar-refractivity contribution in [2.24, 2.45) is 0 Å². The number of hydrogen-bond acceptors (Lipinski definition) is 5. The SMILES string of the molecule is COCc1nc(-c2cc(F)cc(F)c2)oc1C(=O)OC. The molecule has 0 spiro atoms. The third kappa shape index (κ3) is 2.83. The second-order valence-corrected chi connectivity index (χ2v) is 3.88. The molecular formula is C13H11F2NO4. The van der Waals surface area contributed by atoms with Gasteiger partial charge in [-0.2, -0.15) is 0 Å². The standard InChI is InChI=1S/C13H11F2NO4/c1-18-6-10-11(13(17)19-2)20-12(16-10)7-3-8(14)5-9(15)4-7/h3-5H,6H2,1-2H3. The summed E-state index contributed by atoms with van der Waals surface area (Å²) in [6.07, 6.45) is 0. The van der Waals surface area contributed by atoms with Gasteiger partial charge in [0.15, 0.2) is 0 Å². The highest BCUT2D eigenvalue weighted by atomic mass is 19.1. The van der Waals surface area contributed by atoms with Crippen molar-refractivity contribution >= 4 is 5.97 Å². The summed E-state index contributed by atoms with van der Waals surface area (Å²) in [4.78, 5) is 15.5. The number of oxazole rings is 1. The van der Waals surface area contributed by atoms with Crippen molar-refractivity contribution in [3.8, 4) is 11.5 Å². The lowest BCUT2D eigenvalue weighted by atomic mass is 10.2. The van der Waals surface area contributed by atoms with Gasteiger partial charge in [0.1, 0.15) is 17.3 Å². The molecule has 0 bridgehead atoms.